The molecule has 4 nitrogen and oxygen atoms in total. The summed E-state index contributed by atoms with van der Waals surface area (Å²) in [6, 6.07) is -0.0611. The molecule has 1 amide bonds. The average molecular weight is 283 g/mol. The van der Waals surface area contributed by atoms with Crippen molar-refractivity contribution in [1.29, 1.82) is 0 Å². The lowest BCUT2D eigenvalue weighted by atomic mass is 9.85. The maximum absolute atomic E-state index is 12.3. The predicted octanol–water partition coefficient (Wildman–Crippen LogP) is 1.94. The Hall–Kier alpha value is -0.610. The number of rotatable bonds is 5. The summed E-state index contributed by atoms with van der Waals surface area (Å²) in [5.41, 5.74) is 6.10. The van der Waals surface area contributed by atoms with E-state index in [9.17, 15) is 4.79 Å². The standard InChI is InChI=1S/C16H33N3O/c1-13(2)6-7-18-8-10-19(11-9-18)15(20)12-14(17)16(3,4)5/h13-14H,6-12,17H2,1-5H3. The van der Waals surface area contributed by atoms with E-state index >= 15 is 0 Å². The number of amides is 1. The minimum atomic E-state index is -0.0611. The Balaban J connectivity index is 2.32. The minimum Gasteiger partial charge on any atom is -0.340 e. The van der Waals surface area contributed by atoms with Crippen molar-refractivity contribution in [3.63, 3.8) is 0 Å². The van der Waals surface area contributed by atoms with Gasteiger partial charge in [-0.25, -0.2) is 0 Å². The Morgan fingerprint density at radius 1 is 1.15 bits per heavy atom. The molecule has 0 aromatic carbocycles. The summed E-state index contributed by atoms with van der Waals surface area (Å²) in [4.78, 5) is 16.7. The first-order valence-electron chi connectivity index (χ1n) is 7.96. The van der Waals surface area contributed by atoms with Gasteiger partial charge in [0.2, 0.25) is 5.91 Å². The van der Waals surface area contributed by atoms with Crippen LogP contribution in [0.5, 0.6) is 0 Å². The number of carbonyl (C=O) groups excluding carboxylic acids is 1. The number of hydrogen-bond donors (Lipinski definition) is 1. The zero-order chi connectivity index (χ0) is 15.3. The number of piperazine rings is 1. The first-order valence-corrected chi connectivity index (χ1v) is 7.96. The van der Waals surface area contributed by atoms with E-state index < -0.39 is 0 Å². The van der Waals surface area contributed by atoms with Crippen LogP contribution in [0.3, 0.4) is 0 Å². The SMILES string of the molecule is CC(C)CCN1CCN(C(=O)CC(N)C(C)(C)C)CC1. The van der Waals surface area contributed by atoms with Crippen LogP contribution in [-0.2, 0) is 4.79 Å². The molecule has 4 heteroatoms. The van der Waals surface area contributed by atoms with E-state index in [1.165, 1.54) is 6.42 Å². The summed E-state index contributed by atoms with van der Waals surface area (Å²) >= 11 is 0. The molecule has 1 saturated heterocycles. The van der Waals surface area contributed by atoms with E-state index in [1.807, 2.05) is 4.90 Å². The van der Waals surface area contributed by atoms with Crippen molar-refractivity contribution in [2.75, 3.05) is 32.7 Å². The molecule has 118 valence electrons. The molecule has 0 bridgehead atoms. The van der Waals surface area contributed by atoms with Gasteiger partial charge in [0.15, 0.2) is 0 Å². The molecular weight excluding hydrogens is 250 g/mol. The third-order valence-corrected chi connectivity index (χ3v) is 4.25. The van der Waals surface area contributed by atoms with Gasteiger partial charge < -0.3 is 10.6 Å². The average Bonchev–Trinajstić information content (AvgIpc) is 2.35. The molecule has 0 aromatic rings. The molecule has 20 heavy (non-hydrogen) atoms. The largest absolute Gasteiger partial charge is 0.340 e. The second-order valence-electron chi connectivity index (χ2n) is 7.58. The molecule has 1 heterocycles. The zero-order valence-electron chi connectivity index (χ0n) is 14.0. The molecule has 2 N–H and O–H groups in total. The fraction of sp³-hybridized carbons (Fsp3) is 0.938. The summed E-state index contributed by atoms with van der Waals surface area (Å²) in [6.45, 7) is 15.7. The summed E-state index contributed by atoms with van der Waals surface area (Å²) in [7, 11) is 0. The minimum absolute atomic E-state index is 0.00521. The van der Waals surface area contributed by atoms with E-state index in [2.05, 4.69) is 39.5 Å². The van der Waals surface area contributed by atoms with Crippen LogP contribution in [0.15, 0.2) is 0 Å². The highest BCUT2D eigenvalue weighted by molar-refractivity contribution is 5.77. The molecule has 1 rings (SSSR count). The summed E-state index contributed by atoms with van der Waals surface area (Å²) in [6.07, 6.45) is 1.71. The second kappa shape index (κ2) is 7.41. The number of nitrogens with two attached hydrogens (primary N) is 1. The molecule has 0 aliphatic carbocycles. The van der Waals surface area contributed by atoms with Crippen LogP contribution in [-0.4, -0.2) is 54.5 Å². The van der Waals surface area contributed by atoms with Crippen LogP contribution < -0.4 is 5.73 Å². The van der Waals surface area contributed by atoms with Gasteiger partial charge in [-0.2, -0.15) is 0 Å². The van der Waals surface area contributed by atoms with Gasteiger partial charge in [-0.3, -0.25) is 9.69 Å². The second-order valence-corrected chi connectivity index (χ2v) is 7.58. The van der Waals surface area contributed by atoms with Crippen molar-refractivity contribution in [2.24, 2.45) is 17.1 Å². The van der Waals surface area contributed by atoms with Crippen molar-refractivity contribution < 1.29 is 4.79 Å². The van der Waals surface area contributed by atoms with E-state index in [-0.39, 0.29) is 17.4 Å². The lowest BCUT2D eigenvalue weighted by molar-refractivity contribution is -0.133. The third kappa shape index (κ3) is 5.80. The van der Waals surface area contributed by atoms with E-state index in [4.69, 9.17) is 5.73 Å². The van der Waals surface area contributed by atoms with Gasteiger partial charge in [0.05, 0.1) is 0 Å². The van der Waals surface area contributed by atoms with Gasteiger partial charge in [-0.05, 0) is 24.3 Å². The van der Waals surface area contributed by atoms with Gasteiger partial charge in [0.1, 0.15) is 0 Å². The molecule has 0 radical (unpaired) electrons. The quantitative estimate of drug-likeness (QED) is 0.839. The van der Waals surface area contributed by atoms with Crippen LogP contribution in [0.25, 0.3) is 0 Å². The third-order valence-electron chi connectivity index (χ3n) is 4.25. The highest BCUT2D eigenvalue weighted by Crippen LogP contribution is 2.20. The zero-order valence-corrected chi connectivity index (χ0v) is 14.0. The molecule has 1 fully saturated rings. The lowest BCUT2D eigenvalue weighted by Gasteiger charge is -2.36. The van der Waals surface area contributed by atoms with E-state index in [0.717, 1.165) is 38.6 Å². The Kier molecular flexibility index (Phi) is 6.46. The van der Waals surface area contributed by atoms with Gasteiger partial charge in [0, 0.05) is 38.6 Å². The monoisotopic (exact) mass is 283 g/mol. The Bertz CT molecular complexity index is 301. The maximum Gasteiger partial charge on any atom is 0.224 e. The van der Waals surface area contributed by atoms with Gasteiger partial charge in [-0.1, -0.05) is 34.6 Å². The van der Waals surface area contributed by atoms with Crippen LogP contribution in [0.1, 0.15) is 47.5 Å². The van der Waals surface area contributed by atoms with Crippen molar-refractivity contribution in [3.8, 4) is 0 Å². The Morgan fingerprint density at radius 2 is 1.70 bits per heavy atom. The van der Waals surface area contributed by atoms with E-state index in [0.29, 0.717) is 6.42 Å². The lowest BCUT2D eigenvalue weighted by Crippen LogP contribution is -2.50. The number of nitrogens with zero attached hydrogens (tertiary/aromatic N) is 2. The summed E-state index contributed by atoms with van der Waals surface area (Å²) in [5.74, 6) is 0.968. The molecule has 1 aliphatic rings. The highest BCUT2D eigenvalue weighted by Gasteiger charge is 2.27. The number of hydrogen-bond acceptors (Lipinski definition) is 3. The van der Waals surface area contributed by atoms with Crippen LogP contribution in [0, 0.1) is 11.3 Å². The molecule has 0 aromatic heterocycles. The van der Waals surface area contributed by atoms with Crippen molar-refractivity contribution >= 4 is 5.91 Å². The van der Waals surface area contributed by atoms with Crippen molar-refractivity contribution in [1.82, 2.24) is 9.80 Å². The maximum atomic E-state index is 12.3. The summed E-state index contributed by atoms with van der Waals surface area (Å²) < 4.78 is 0. The Labute approximate surface area is 124 Å². The molecule has 1 aliphatic heterocycles. The van der Waals surface area contributed by atoms with Crippen molar-refractivity contribution in [3.05, 3.63) is 0 Å². The smallest absolute Gasteiger partial charge is 0.224 e. The van der Waals surface area contributed by atoms with Crippen molar-refractivity contribution in [2.45, 2.75) is 53.5 Å². The number of carbonyl (C=O) groups is 1. The van der Waals surface area contributed by atoms with Crippen LogP contribution in [0.4, 0.5) is 0 Å². The molecule has 0 spiro atoms. The first-order chi connectivity index (χ1) is 9.20. The van der Waals surface area contributed by atoms with Crippen LogP contribution >= 0.6 is 0 Å². The predicted molar refractivity (Wildman–Crippen MR) is 84.5 cm³/mol. The highest BCUT2D eigenvalue weighted by atomic mass is 16.2. The normalized spacial score (nSPS) is 19.4. The topological polar surface area (TPSA) is 49.6 Å². The van der Waals surface area contributed by atoms with Crippen LogP contribution in [0.2, 0.25) is 0 Å². The van der Waals surface area contributed by atoms with E-state index in [1.54, 1.807) is 0 Å². The Morgan fingerprint density at radius 3 is 2.15 bits per heavy atom. The molecule has 0 saturated carbocycles. The van der Waals surface area contributed by atoms with Gasteiger partial charge in [-0.15, -0.1) is 0 Å². The van der Waals surface area contributed by atoms with Gasteiger partial charge >= 0.3 is 0 Å². The molecule has 1 unspecified atom stereocenters. The molecular formula is C16H33N3O. The first kappa shape index (κ1) is 17.4. The summed E-state index contributed by atoms with van der Waals surface area (Å²) in [5, 5.41) is 0. The molecule has 1 atom stereocenters. The fourth-order valence-electron chi connectivity index (χ4n) is 2.29. The van der Waals surface area contributed by atoms with Gasteiger partial charge in [0.25, 0.3) is 0 Å². The fourth-order valence-corrected chi connectivity index (χ4v) is 2.29.